The van der Waals surface area contributed by atoms with Crippen LogP contribution in [0.25, 0.3) is 0 Å². The molecule has 0 saturated carbocycles. The first-order chi connectivity index (χ1) is 9.40. The number of fused-ring (bicyclic) bond motifs is 1. The predicted octanol–water partition coefficient (Wildman–Crippen LogP) is 2.18. The Balaban J connectivity index is 1.66. The standard InChI is InChI=1S/C14H21NO3S/c1-16-7-6-15-5-2-10-19-12-3-4-13-14(11-12)18-9-8-17-13/h3-4,11,15H,2,5-10H2,1H3. The molecule has 0 spiro atoms. The Morgan fingerprint density at radius 1 is 1.21 bits per heavy atom. The van der Waals surface area contributed by atoms with Gasteiger partial charge in [-0.3, -0.25) is 0 Å². The van der Waals surface area contributed by atoms with Crippen molar-refractivity contribution in [2.24, 2.45) is 0 Å². The summed E-state index contributed by atoms with van der Waals surface area (Å²) in [6.07, 6.45) is 1.14. The molecule has 0 aromatic heterocycles. The Kier molecular flexibility index (Phi) is 6.33. The highest BCUT2D eigenvalue weighted by molar-refractivity contribution is 7.99. The average molecular weight is 283 g/mol. The largest absolute Gasteiger partial charge is 0.486 e. The van der Waals surface area contributed by atoms with Crippen LogP contribution in [0, 0.1) is 0 Å². The lowest BCUT2D eigenvalue weighted by Crippen LogP contribution is -2.20. The maximum absolute atomic E-state index is 5.57. The minimum absolute atomic E-state index is 0.643. The molecule has 1 aliphatic heterocycles. The minimum Gasteiger partial charge on any atom is -0.486 e. The van der Waals surface area contributed by atoms with Gasteiger partial charge in [-0.2, -0.15) is 0 Å². The number of rotatable bonds is 8. The van der Waals surface area contributed by atoms with Gasteiger partial charge in [-0.15, -0.1) is 11.8 Å². The topological polar surface area (TPSA) is 39.7 Å². The van der Waals surface area contributed by atoms with Crippen LogP contribution in [0.15, 0.2) is 23.1 Å². The Bertz CT molecular complexity index is 387. The molecule has 0 fully saturated rings. The van der Waals surface area contributed by atoms with Gasteiger partial charge in [-0.05, 0) is 36.9 Å². The Morgan fingerprint density at radius 3 is 2.89 bits per heavy atom. The third kappa shape index (κ3) is 4.93. The fraction of sp³-hybridized carbons (Fsp3) is 0.571. The Labute approximate surface area is 118 Å². The van der Waals surface area contributed by atoms with Crippen LogP contribution in [0.3, 0.4) is 0 Å². The number of methoxy groups -OCH3 is 1. The molecule has 1 aromatic rings. The van der Waals surface area contributed by atoms with Crippen molar-refractivity contribution in [3.63, 3.8) is 0 Å². The molecule has 0 atom stereocenters. The second-order valence-corrected chi connectivity index (χ2v) is 5.42. The van der Waals surface area contributed by atoms with Crippen molar-refractivity contribution in [3.05, 3.63) is 18.2 Å². The molecule has 2 rings (SSSR count). The molecule has 0 bridgehead atoms. The molecule has 4 nitrogen and oxygen atoms in total. The smallest absolute Gasteiger partial charge is 0.162 e. The molecule has 0 saturated heterocycles. The van der Waals surface area contributed by atoms with E-state index in [-0.39, 0.29) is 0 Å². The second kappa shape index (κ2) is 8.30. The van der Waals surface area contributed by atoms with Gasteiger partial charge in [0.25, 0.3) is 0 Å². The summed E-state index contributed by atoms with van der Waals surface area (Å²) in [7, 11) is 1.72. The lowest BCUT2D eigenvalue weighted by molar-refractivity contribution is 0.171. The molecule has 0 aliphatic carbocycles. The van der Waals surface area contributed by atoms with Crippen LogP contribution < -0.4 is 14.8 Å². The first-order valence-corrected chi connectivity index (χ1v) is 7.61. The molecule has 1 aliphatic rings. The third-order valence-corrected chi connectivity index (χ3v) is 3.84. The summed E-state index contributed by atoms with van der Waals surface area (Å²) in [5, 5.41) is 3.34. The quantitative estimate of drug-likeness (QED) is 0.585. The highest BCUT2D eigenvalue weighted by Crippen LogP contribution is 2.34. The monoisotopic (exact) mass is 283 g/mol. The van der Waals surface area contributed by atoms with Crippen LogP contribution in [0.4, 0.5) is 0 Å². The lowest BCUT2D eigenvalue weighted by atomic mass is 10.3. The van der Waals surface area contributed by atoms with E-state index in [0.29, 0.717) is 13.2 Å². The van der Waals surface area contributed by atoms with E-state index in [1.54, 1.807) is 7.11 Å². The van der Waals surface area contributed by atoms with E-state index in [0.717, 1.165) is 43.4 Å². The van der Waals surface area contributed by atoms with Crippen molar-refractivity contribution in [1.29, 1.82) is 0 Å². The Morgan fingerprint density at radius 2 is 2.05 bits per heavy atom. The molecule has 106 valence electrons. The van der Waals surface area contributed by atoms with E-state index in [4.69, 9.17) is 14.2 Å². The van der Waals surface area contributed by atoms with E-state index in [1.807, 2.05) is 17.8 Å². The normalized spacial score (nSPS) is 13.5. The minimum atomic E-state index is 0.643. The zero-order chi connectivity index (χ0) is 13.3. The van der Waals surface area contributed by atoms with E-state index < -0.39 is 0 Å². The first kappa shape index (κ1) is 14.5. The number of benzene rings is 1. The van der Waals surface area contributed by atoms with Crippen molar-refractivity contribution >= 4 is 11.8 Å². The molecule has 5 heteroatoms. The Hall–Kier alpha value is -0.910. The van der Waals surface area contributed by atoms with Gasteiger partial charge in [0.1, 0.15) is 13.2 Å². The van der Waals surface area contributed by atoms with Gasteiger partial charge in [0.2, 0.25) is 0 Å². The first-order valence-electron chi connectivity index (χ1n) is 6.62. The summed E-state index contributed by atoms with van der Waals surface area (Å²) in [6, 6.07) is 6.15. The maximum Gasteiger partial charge on any atom is 0.162 e. The second-order valence-electron chi connectivity index (χ2n) is 4.25. The fourth-order valence-corrected chi connectivity index (χ4v) is 2.68. The molecule has 0 amide bonds. The van der Waals surface area contributed by atoms with Gasteiger partial charge in [-0.25, -0.2) is 0 Å². The highest BCUT2D eigenvalue weighted by atomic mass is 32.2. The third-order valence-electron chi connectivity index (χ3n) is 2.76. The average Bonchev–Trinajstić information content (AvgIpc) is 2.46. The van der Waals surface area contributed by atoms with Crippen molar-refractivity contribution < 1.29 is 14.2 Å². The van der Waals surface area contributed by atoms with Crippen LogP contribution in [0.2, 0.25) is 0 Å². The summed E-state index contributed by atoms with van der Waals surface area (Å²) in [4.78, 5) is 1.24. The zero-order valence-electron chi connectivity index (χ0n) is 11.3. The van der Waals surface area contributed by atoms with Crippen molar-refractivity contribution in [2.75, 3.05) is 45.8 Å². The number of ether oxygens (including phenoxy) is 3. The summed E-state index contributed by atoms with van der Waals surface area (Å²) >= 11 is 1.85. The number of nitrogens with one attached hydrogen (secondary N) is 1. The van der Waals surface area contributed by atoms with Crippen LogP contribution in [-0.4, -0.2) is 45.8 Å². The summed E-state index contributed by atoms with van der Waals surface area (Å²) < 4.78 is 16.1. The molecular weight excluding hydrogens is 262 g/mol. The van der Waals surface area contributed by atoms with Gasteiger partial charge in [-0.1, -0.05) is 0 Å². The fourth-order valence-electron chi connectivity index (χ4n) is 1.80. The number of thioether (sulfide) groups is 1. The summed E-state index contributed by atoms with van der Waals surface area (Å²) in [5.74, 6) is 2.82. The van der Waals surface area contributed by atoms with Gasteiger partial charge in [0.15, 0.2) is 11.5 Å². The van der Waals surface area contributed by atoms with E-state index >= 15 is 0 Å². The van der Waals surface area contributed by atoms with Crippen LogP contribution >= 0.6 is 11.8 Å². The van der Waals surface area contributed by atoms with Gasteiger partial charge in [0, 0.05) is 18.6 Å². The van der Waals surface area contributed by atoms with Crippen molar-refractivity contribution in [1.82, 2.24) is 5.32 Å². The molecule has 1 heterocycles. The lowest BCUT2D eigenvalue weighted by Gasteiger charge is -2.18. The van der Waals surface area contributed by atoms with E-state index in [2.05, 4.69) is 17.4 Å². The van der Waals surface area contributed by atoms with E-state index in [9.17, 15) is 0 Å². The molecular formula is C14H21NO3S. The predicted molar refractivity (Wildman–Crippen MR) is 77.5 cm³/mol. The van der Waals surface area contributed by atoms with Crippen molar-refractivity contribution in [2.45, 2.75) is 11.3 Å². The summed E-state index contributed by atoms with van der Waals surface area (Å²) in [6.45, 7) is 4.01. The number of hydrogen-bond donors (Lipinski definition) is 1. The van der Waals surface area contributed by atoms with Gasteiger partial charge in [0.05, 0.1) is 6.61 Å². The SMILES string of the molecule is COCCNCCCSc1ccc2c(c1)OCCO2. The molecule has 1 aromatic carbocycles. The molecule has 0 radical (unpaired) electrons. The molecule has 1 N–H and O–H groups in total. The number of hydrogen-bond acceptors (Lipinski definition) is 5. The zero-order valence-corrected chi connectivity index (χ0v) is 12.1. The summed E-state index contributed by atoms with van der Waals surface area (Å²) in [5.41, 5.74) is 0. The van der Waals surface area contributed by atoms with E-state index in [1.165, 1.54) is 4.90 Å². The van der Waals surface area contributed by atoms with Crippen molar-refractivity contribution in [3.8, 4) is 11.5 Å². The maximum atomic E-state index is 5.57. The van der Waals surface area contributed by atoms with Gasteiger partial charge >= 0.3 is 0 Å². The molecule has 19 heavy (non-hydrogen) atoms. The van der Waals surface area contributed by atoms with Crippen LogP contribution in [0.1, 0.15) is 6.42 Å². The highest BCUT2D eigenvalue weighted by Gasteiger charge is 2.11. The van der Waals surface area contributed by atoms with Crippen LogP contribution in [-0.2, 0) is 4.74 Å². The van der Waals surface area contributed by atoms with Crippen LogP contribution in [0.5, 0.6) is 11.5 Å². The molecule has 0 unspecified atom stereocenters. The van der Waals surface area contributed by atoms with Gasteiger partial charge < -0.3 is 19.5 Å².